The van der Waals surface area contributed by atoms with Crippen molar-refractivity contribution in [1.82, 2.24) is 0 Å². The van der Waals surface area contributed by atoms with E-state index in [9.17, 15) is 10.5 Å². The number of nitrogens with zero attached hydrogens (tertiary/aromatic N) is 2. The van der Waals surface area contributed by atoms with Gasteiger partial charge in [-0.15, -0.1) is 0 Å². The lowest BCUT2D eigenvalue weighted by molar-refractivity contribution is 0.660. The van der Waals surface area contributed by atoms with Crippen LogP contribution in [0.1, 0.15) is 61.1 Å². The highest BCUT2D eigenvalue weighted by Crippen LogP contribution is 2.53. The molecule has 0 radical (unpaired) electrons. The summed E-state index contributed by atoms with van der Waals surface area (Å²) in [5.74, 6) is 0. The van der Waals surface area contributed by atoms with Gasteiger partial charge in [0.2, 0.25) is 0 Å². The van der Waals surface area contributed by atoms with E-state index in [4.69, 9.17) is 0 Å². The minimum atomic E-state index is -0.243. The molecule has 0 saturated heterocycles. The molecule has 0 fully saturated rings. The van der Waals surface area contributed by atoms with Crippen LogP contribution < -0.4 is 0 Å². The van der Waals surface area contributed by atoms with Crippen molar-refractivity contribution >= 4 is 21.5 Å². The summed E-state index contributed by atoms with van der Waals surface area (Å²) in [7, 11) is 0. The van der Waals surface area contributed by atoms with Gasteiger partial charge >= 0.3 is 0 Å². The third-order valence-electron chi connectivity index (χ3n) is 12.3. The summed E-state index contributed by atoms with van der Waals surface area (Å²) in [4.78, 5) is 0. The van der Waals surface area contributed by atoms with Crippen LogP contribution in [0.5, 0.6) is 0 Å². The fraction of sp³-hybridized carbons (Fsp3) is 0.115. The summed E-state index contributed by atoms with van der Waals surface area (Å²) >= 11 is 0. The fourth-order valence-corrected chi connectivity index (χ4v) is 9.53. The highest BCUT2D eigenvalue weighted by molar-refractivity contribution is 6.22. The molecule has 2 aliphatic rings. The van der Waals surface area contributed by atoms with Crippen molar-refractivity contribution in [2.45, 2.75) is 38.5 Å². The van der Waals surface area contributed by atoms with Crippen LogP contribution in [0.15, 0.2) is 146 Å². The summed E-state index contributed by atoms with van der Waals surface area (Å²) in [5.41, 5.74) is 18.1. The molecule has 0 spiro atoms. The SMILES string of the molecule is CC1(C)c2cc(C#N)ccc2-c2ccc(-c3ccc4c(-c5ccc6c(c5)C(C)(C)c5cc(C#N)ccc5-6)c5ccccc5c(-c5ccccc5)c4c3)cc21. The Balaban J connectivity index is 1.21. The van der Waals surface area contributed by atoms with Crippen molar-refractivity contribution in [2.24, 2.45) is 0 Å². The van der Waals surface area contributed by atoms with Gasteiger partial charge in [0.1, 0.15) is 0 Å². The molecule has 8 aromatic carbocycles. The Morgan fingerprint density at radius 3 is 1.31 bits per heavy atom. The van der Waals surface area contributed by atoms with Crippen LogP contribution in [-0.4, -0.2) is 0 Å². The molecule has 2 heteroatoms. The Labute approximate surface area is 316 Å². The third kappa shape index (κ3) is 4.44. The summed E-state index contributed by atoms with van der Waals surface area (Å²) < 4.78 is 0. The molecule has 0 amide bonds. The van der Waals surface area contributed by atoms with Crippen LogP contribution in [-0.2, 0) is 10.8 Å². The van der Waals surface area contributed by atoms with Gasteiger partial charge in [0.25, 0.3) is 0 Å². The number of benzene rings is 8. The molecular formula is C52H36N2. The average Bonchev–Trinajstić information content (AvgIpc) is 3.57. The van der Waals surface area contributed by atoms with E-state index in [1.54, 1.807) is 0 Å². The van der Waals surface area contributed by atoms with Crippen LogP contribution in [0.2, 0.25) is 0 Å². The molecular weight excluding hydrogens is 653 g/mol. The molecule has 54 heavy (non-hydrogen) atoms. The Bertz CT molecular complexity index is 3000. The maximum absolute atomic E-state index is 9.71. The van der Waals surface area contributed by atoms with Gasteiger partial charge in [-0.05, 0) is 142 Å². The van der Waals surface area contributed by atoms with Crippen LogP contribution in [0.3, 0.4) is 0 Å². The number of rotatable bonds is 3. The van der Waals surface area contributed by atoms with E-state index < -0.39 is 0 Å². The zero-order valence-electron chi connectivity index (χ0n) is 30.8. The first kappa shape index (κ1) is 32.0. The van der Waals surface area contributed by atoms with Gasteiger partial charge in [-0.1, -0.05) is 131 Å². The fourth-order valence-electron chi connectivity index (χ4n) is 9.53. The smallest absolute Gasteiger partial charge is 0.0991 e. The molecule has 254 valence electrons. The van der Waals surface area contributed by atoms with Crippen molar-refractivity contribution in [3.8, 4) is 67.8 Å². The second-order valence-electron chi connectivity index (χ2n) is 15.9. The Morgan fingerprint density at radius 2 is 0.759 bits per heavy atom. The molecule has 0 unspecified atom stereocenters. The molecule has 0 aliphatic heterocycles. The van der Waals surface area contributed by atoms with E-state index >= 15 is 0 Å². The Hall–Kier alpha value is -6.74. The lowest BCUT2D eigenvalue weighted by Crippen LogP contribution is -2.15. The quantitative estimate of drug-likeness (QED) is 0.173. The van der Waals surface area contributed by atoms with Crippen molar-refractivity contribution in [3.05, 3.63) is 179 Å². The highest BCUT2D eigenvalue weighted by atomic mass is 14.4. The number of hydrogen-bond donors (Lipinski definition) is 0. The molecule has 8 aromatic rings. The second kappa shape index (κ2) is 11.4. The van der Waals surface area contributed by atoms with E-state index in [-0.39, 0.29) is 10.8 Å². The maximum Gasteiger partial charge on any atom is 0.0991 e. The molecule has 10 rings (SSSR count). The third-order valence-corrected chi connectivity index (χ3v) is 12.3. The lowest BCUT2D eigenvalue weighted by Gasteiger charge is -2.23. The summed E-state index contributed by atoms with van der Waals surface area (Å²) in [6.07, 6.45) is 0. The molecule has 0 atom stereocenters. The van der Waals surface area contributed by atoms with Gasteiger partial charge in [0.05, 0.1) is 23.3 Å². The van der Waals surface area contributed by atoms with Crippen molar-refractivity contribution < 1.29 is 0 Å². The summed E-state index contributed by atoms with van der Waals surface area (Å²) in [6.45, 7) is 9.10. The zero-order chi connectivity index (χ0) is 36.9. The predicted octanol–water partition coefficient (Wildman–Crippen LogP) is 13.3. The molecule has 0 N–H and O–H groups in total. The topological polar surface area (TPSA) is 47.6 Å². The minimum Gasteiger partial charge on any atom is -0.192 e. The molecule has 2 nitrogen and oxygen atoms in total. The van der Waals surface area contributed by atoms with E-state index in [0.717, 1.165) is 0 Å². The van der Waals surface area contributed by atoms with E-state index in [1.807, 2.05) is 12.1 Å². The van der Waals surface area contributed by atoms with Gasteiger partial charge in [0.15, 0.2) is 0 Å². The molecule has 0 aromatic heterocycles. The maximum atomic E-state index is 9.71. The van der Waals surface area contributed by atoms with Crippen molar-refractivity contribution in [1.29, 1.82) is 10.5 Å². The van der Waals surface area contributed by atoms with Gasteiger partial charge in [-0.3, -0.25) is 0 Å². The Kier molecular flexibility index (Phi) is 6.73. The standard InChI is InChI=1S/C52H36N2/c1-51(2)45-24-31(29-53)14-19-37(45)39-21-16-35(27-47(39)51)34-17-23-43-44(26-34)49(33-10-6-5-7-11-33)41-12-8-9-13-42(41)50(43)36-18-22-40-38-20-15-32(30-54)25-46(38)52(3,4)48(40)28-36/h5-28H,1-4H3. The van der Waals surface area contributed by atoms with Crippen LogP contribution in [0.4, 0.5) is 0 Å². The zero-order valence-corrected chi connectivity index (χ0v) is 30.8. The van der Waals surface area contributed by atoms with Crippen LogP contribution in [0.25, 0.3) is 77.2 Å². The first-order valence-electron chi connectivity index (χ1n) is 18.6. The normalized spacial score (nSPS) is 14.2. The second-order valence-corrected chi connectivity index (χ2v) is 15.9. The minimum absolute atomic E-state index is 0.222. The summed E-state index contributed by atoms with van der Waals surface area (Å²) in [6, 6.07) is 57.4. The van der Waals surface area contributed by atoms with Gasteiger partial charge in [-0.2, -0.15) is 10.5 Å². The first-order chi connectivity index (χ1) is 26.2. The van der Waals surface area contributed by atoms with Crippen LogP contribution in [0, 0.1) is 22.7 Å². The van der Waals surface area contributed by atoms with E-state index in [2.05, 4.69) is 173 Å². The lowest BCUT2D eigenvalue weighted by atomic mass is 9.79. The van der Waals surface area contributed by atoms with Crippen molar-refractivity contribution in [2.75, 3.05) is 0 Å². The largest absolute Gasteiger partial charge is 0.192 e. The van der Waals surface area contributed by atoms with E-state index in [1.165, 1.54) is 99.4 Å². The van der Waals surface area contributed by atoms with E-state index in [0.29, 0.717) is 11.1 Å². The highest BCUT2D eigenvalue weighted by Gasteiger charge is 2.37. The predicted molar refractivity (Wildman–Crippen MR) is 222 cm³/mol. The van der Waals surface area contributed by atoms with Gasteiger partial charge in [0, 0.05) is 10.8 Å². The molecule has 2 aliphatic carbocycles. The molecule has 0 bridgehead atoms. The number of hydrogen-bond acceptors (Lipinski definition) is 2. The Morgan fingerprint density at radius 1 is 0.352 bits per heavy atom. The number of fused-ring (bicyclic) bond motifs is 8. The number of nitriles is 2. The molecule has 0 saturated carbocycles. The van der Waals surface area contributed by atoms with Crippen molar-refractivity contribution in [3.63, 3.8) is 0 Å². The van der Waals surface area contributed by atoms with Crippen LogP contribution >= 0.6 is 0 Å². The first-order valence-corrected chi connectivity index (χ1v) is 18.6. The van der Waals surface area contributed by atoms with Gasteiger partial charge in [-0.25, -0.2) is 0 Å². The van der Waals surface area contributed by atoms with Gasteiger partial charge < -0.3 is 0 Å². The average molecular weight is 689 g/mol. The molecule has 0 heterocycles. The monoisotopic (exact) mass is 688 g/mol. The summed E-state index contributed by atoms with van der Waals surface area (Å²) in [5, 5.41) is 24.3.